The van der Waals surface area contributed by atoms with Crippen LogP contribution in [0.25, 0.3) is 0 Å². The number of hydrogen-bond acceptors (Lipinski definition) is 4. The number of carbonyl (C=O) groups is 1. The maximum absolute atomic E-state index is 10.2. The Labute approximate surface area is 81.0 Å². The standard InChI is InChI=1S/C6H6BrNO3S/c7-4-2-12-6(8-4)3(9)1-5(10)11/h2-3,9H,1H2,(H,10,11). The van der Waals surface area contributed by atoms with Crippen LogP contribution >= 0.6 is 27.3 Å². The van der Waals surface area contributed by atoms with Crippen LogP contribution in [0.1, 0.15) is 17.5 Å². The third kappa shape index (κ3) is 2.54. The highest BCUT2D eigenvalue weighted by atomic mass is 79.9. The lowest BCUT2D eigenvalue weighted by Gasteiger charge is -2.01. The second-order valence-electron chi connectivity index (χ2n) is 2.12. The van der Waals surface area contributed by atoms with E-state index in [4.69, 9.17) is 5.11 Å². The number of thiazole rings is 1. The van der Waals surface area contributed by atoms with Gasteiger partial charge in [0.05, 0.1) is 6.42 Å². The molecule has 0 saturated carbocycles. The molecule has 1 rings (SSSR count). The minimum Gasteiger partial charge on any atom is -0.481 e. The fourth-order valence-corrected chi connectivity index (χ4v) is 1.92. The molecule has 1 atom stereocenters. The molecule has 2 N–H and O–H groups in total. The van der Waals surface area contributed by atoms with Crippen molar-refractivity contribution in [3.63, 3.8) is 0 Å². The third-order valence-electron chi connectivity index (χ3n) is 1.15. The van der Waals surface area contributed by atoms with Crippen LogP contribution in [0, 0.1) is 0 Å². The summed E-state index contributed by atoms with van der Waals surface area (Å²) >= 11 is 4.34. The summed E-state index contributed by atoms with van der Waals surface area (Å²) in [5, 5.41) is 19.7. The van der Waals surface area contributed by atoms with E-state index in [1.165, 1.54) is 11.3 Å². The van der Waals surface area contributed by atoms with E-state index >= 15 is 0 Å². The van der Waals surface area contributed by atoms with Crippen LogP contribution < -0.4 is 0 Å². The highest BCUT2D eigenvalue weighted by molar-refractivity contribution is 9.10. The molecule has 66 valence electrons. The van der Waals surface area contributed by atoms with Gasteiger partial charge in [0.15, 0.2) is 0 Å². The van der Waals surface area contributed by atoms with Crippen LogP contribution in [0.2, 0.25) is 0 Å². The van der Waals surface area contributed by atoms with E-state index < -0.39 is 12.1 Å². The molecule has 0 amide bonds. The van der Waals surface area contributed by atoms with Crippen molar-refractivity contribution in [3.8, 4) is 0 Å². The van der Waals surface area contributed by atoms with Crippen molar-refractivity contribution in [3.05, 3.63) is 15.0 Å². The maximum Gasteiger partial charge on any atom is 0.306 e. The predicted octanol–water partition coefficient (Wildman–Crippen LogP) is 1.41. The highest BCUT2D eigenvalue weighted by Crippen LogP contribution is 2.23. The Morgan fingerprint density at radius 2 is 2.50 bits per heavy atom. The highest BCUT2D eigenvalue weighted by Gasteiger charge is 2.14. The average molecular weight is 252 g/mol. The molecule has 0 radical (unpaired) electrons. The number of aromatic nitrogens is 1. The first kappa shape index (κ1) is 9.63. The van der Waals surface area contributed by atoms with Crippen LogP contribution in [0.15, 0.2) is 9.98 Å². The second-order valence-corrected chi connectivity index (χ2v) is 3.82. The van der Waals surface area contributed by atoms with Gasteiger partial charge in [-0.2, -0.15) is 0 Å². The molecule has 1 aromatic heterocycles. The van der Waals surface area contributed by atoms with Crippen LogP contribution in [-0.4, -0.2) is 21.2 Å². The molecule has 1 unspecified atom stereocenters. The zero-order valence-electron chi connectivity index (χ0n) is 5.90. The van der Waals surface area contributed by atoms with Gasteiger partial charge in [0, 0.05) is 5.38 Å². The summed E-state index contributed by atoms with van der Waals surface area (Å²) in [4.78, 5) is 14.1. The van der Waals surface area contributed by atoms with Gasteiger partial charge in [-0.15, -0.1) is 11.3 Å². The molecule has 0 aliphatic carbocycles. The van der Waals surface area contributed by atoms with E-state index in [1.54, 1.807) is 5.38 Å². The van der Waals surface area contributed by atoms with Crippen LogP contribution in [0.3, 0.4) is 0 Å². The maximum atomic E-state index is 10.2. The zero-order valence-corrected chi connectivity index (χ0v) is 8.30. The largest absolute Gasteiger partial charge is 0.481 e. The molecule has 0 aliphatic rings. The normalized spacial score (nSPS) is 12.8. The lowest BCUT2D eigenvalue weighted by molar-refractivity contribution is -0.139. The van der Waals surface area contributed by atoms with Crippen molar-refractivity contribution in [1.82, 2.24) is 4.98 Å². The summed E-state index contributed by atoms with van der Waals surface area (Å²) < 4.78 is 0.618. The number of aliphatic hydroxyl groups is 1. The second kappa shape index (κ2) is 3.97. The van der Waals surface area contributed by atoms with Gasteiger partial charge in [0.2, 0.25) is 0 Å². The molecule has 1 heterocycles. The topological polar surface area (TPSA) is 70.4 Å². The lowest BCUT2D eigenvalue weighted by Crippen LogP contribution is -2.04. The Kier molecular flexibility index (Phi) is 3.19. The summed E-state index contributed by atoms with van der Waals surface area (Å²) in [7, 11) is 0. The molecule has 0 aromatic carbocycles. The van der Waals surface area contributed by atoms with Gasteiger partial charge < -0.3 is 10.2 Å². The van der Waals surface area contributed by atoms with Gasteiger partial charge in [-0.1, -0.05) is 0 Å². The Morgan fingerprint density at radius 3 is 2.92 bits per heavy atom. The van der Waals surface area contributed by atoms with Crippen molar-refractivity contribution < 1.29 is 15.0 Å². The number of halogens is 1. The minimum absolute atomic E-state index is 0.306. The summed E-state index contributed by atoms with van der Waals surface area (Å²) in [6.45, 7) is 0. The first-order valence-electron chi connectivity index (χ1n) is 3.10. The number of aliphatic hydroxyl groups excluding tert-OH is 1. The van der Waals surface area contributed by atoms with Gasteiger partial charge in [0.25, 0.3) is 0 Å². The number of rotatable bonds is 3. The SMILES string of the molecule is O=C(O)CC(O)c1nc(Br)cs1. The summed E-state index contributed by atoms with van der Waals surface area (Å²) in [6.07, 6.45) is -1.31. The molecule has 1 aromatic rings. The fraction of sp³-hybridized carbons (Fsp3) is 0.333. The quantitative estimate of drug-likeness (QED) is 0.853. The van der Waals surface area contributed by atoms with Crippen molar-refractivity contribution in [2.24, 2.45) is 0 Å². The minimum atomic E-state index is -1.03. The van der Waals surface area contributed by atoms with E-state index in [0.717, 1.165) is 0 Å². The van der Waals surface area contributed by atoms with Crippen molar-refractivity contribution >= 4 is 33.2 Å². The smallest absolute Gasteiger partial charge is 0.306 e. The zero-order chi connectivity index (χ0) is 9.14. The molecular formula is C6H6BrNO3S. The van der Waals surface area contributed by atoms with Gasteiger partial charge in [-0.3, -0.25) is 4.79 Å². The Morgan fingerprint density at radius 1 is 1.83 bits per heavy atom. The fourth-order valence-electron chi connectivity index (χ4n) is 0.673. The number of carboxylic acids is 1. The average Bonchev–Trinajstić information content (AvgIpc) is 2.34. The molecule has 0 bridgehead atoms. The van der Waals surface area contributed by atoms with Crippen molar-refractivity contribution in [2.75, 3.05) is 0 Å². The van der Waals surface area contributed by atoms with Crippen molar-refractivity contribution in [1.29, 1.82) is 0 Å². The summed E-state index contributed by atoms with van der Waals surface area (Å²) in [5.41, 5.74) is 0. The van der Waals surface area contributed by atoms with E-state index in [2.05, 4.69) is 20.9 Å². The van der Waals surface area contributed by atoms with Gasteiger partial charge >= 0.3 is 5.97 Å². The first-order valence-corrected chi connectivity index (χ1v) is 4.77. The molecule has 0 fully saturated rings. The van der Waals surface area contributed by atoms with Gasteiger partial charge in [-0.25, -0.2) is 4.98 Å². The summed E-state index contributed by atoms with van der Waals surface area (Å²) in [6, 6.07) is 0. The first-order chi connectivity index (χ1) is 5.59. The lowest BCUT2D eigenvalue weighted by atomic mass is 10.3. The number of aliphatic carboxylic acids is 1. The van der Waals surface area contributed by atoms with E-state index in [-0.39, 0.29) is 6.42 Å². The third-order valence-corrected chi connectivity index (χ3v) is 2.80. The van der Waals surface area contributed by atoms with E-state index in [0.29, 0.717) is 9.61 Å². The monoisotopic (exact) mass is 251 g/mol. The molecule has 0 saturated heterocycles. The molecule has 0 spiro atoms. The van der Waals surface area contributed by atoms with Gasteiger partial charge in [-0.05, 0) is 15.9 Å². The molecular weight excluding hydrogens is 246 g/mol. The predicted molar refractivity (Wildman–Crippen MR) is 47.0 cm³/mol. The van der Waals surface area contributed by atoms with Crippen LogP contribution in [0.4, 0.5) is 0 Å². The molecule has 6 heteroatoms. The molecule has 4 nitrogen and oxygen atoms in total. The number of nitrogens with zero attached hydrogens (tertiary/aromatic N) is 1. The van der Waals surface area contributed by atoms with Crippen LogP contribution in [0.5, 0.6) is 0 Å². The van der Waals surface area contributed by atoms with Crippen LogP contribution in [-0.2, 0) is 4.79 Å². The Bertz CT molecular complexity index is 288. The van der Waals surface area contributed by atoms with Gasteiger partial charge in [0.1, 0.15) is 15.7 Å². The summed E-state index contributed by atoms with van der Waals surface area (Å²) in [5.74, 6) is -1.03. The number of hydrogen-bond donors (Lipinski definition) is 2. The number of carboxylic acid groups (broad SMARTS) is 1. The molecule has 0 aliphatic heterocycles. The van der Waals surface area contributed by atoms with E-state index in [1.807, 2.05) is 0 Å². The Hall–Kier alpha value is -0.460. The van der Waals surface area contributed by atoms with Crippen molar-refractivity contribution in [2.45, 2.75) is 12.5 Å². The Balaban J connectivity index is 2.64. The molecule has 12 heavy (non-hydrogen) atoms. The van der Waals surface area contributed by atoms with E-state index in [9.17, 15) is 9.90 Å².